The molecule has 0 aliphatic heterocycles. The van der Waals surface area contributed by atoms with Gasteiger partial charge in [0.1, 0.15) is 11.6 Å². The molecule has 10 rings (SSSR count). The van der Waals surface area contributed by atoms with Crippen LogP contribution in [0.1, 0.15) is 107 Å². The van der Waals surface area contributed by atoms with Crippen LogP contribution in [0.15, 0.2) is 127 Å². The van der Waals surface area contributed by atoms with Crippen molar-refractivity contribution in [3.63, 3.8) is 0 Å². The van der Waals surface area contributed by atoms with Crippen LogP contribution in [0, 0.1) is 23.5 Å². The molecule has 0 bridgehead atoms. The van der Waals surface area contributed by atoms with Crippen LogP contribution in [0.4, 0.5) is 8.78 Å². The van der Waals surface area contributed by atoms with Gasteiger partial charge < -0.3 is 29.1 Å². The third-order valence-electron chi connectivity index (χ3n) is 13.6. The molecule has 70 heavy (non-hydrogen) atoms. The van der Waals surface area contributed by atoms with Crippen molar-refractivity contribution >= 4 is 51.1 Å². The summed E-state index contributed by atoms with van der Waals surface area (Å²) in [6.07, 6.45) is 18.5. The fourth-order valence-electron chi connectivity index (χ4n) is 9.79. The van der Waals surface area contributed by atoms with Crippen molar-refractivity contribution < 1.29 is 38.6 Å². The summed E-state index contributed by atoms with van der Waals surface area (Å²) < 4.78 is 37.3. The maximum absolute atomic E-state index is 14.8. The van der Waals surface area contributed by atoms with Gasteiger partial charge in [0, 0.05) is 109 Å². The van der Waals surface area contributed by atoms with Gasteiger partial charge in [-0.1, -0.05) is 78.0 Å². The van der Waals surface area contributed by atoms with Crippen molar-refractivity contribution in [2.75, 3.05) is 0 Å². The van der Waals surface area contributed by atoms with Crippen molar-refractivity contribution in [3.05, 3.63) is 172 Å². The van der Waals surface area contributed by atoms with Crippen molar-refractivity contribution in [3.8, 4) is 11.1 Å². The van der Waals surface area contributed by atoms with Crippen LogP contribution in [0.5, 0.6) is 0 Å². The van der Waals surface area contributed by atoms with Gasteiger partial charge in [-0.2, -0.15) is 10.2 Å². The van der Waals surface area contributed by atoms with Gasteiger partial charge in [-0.25, -0.2) is 8.78 Å². The summed E-state index contributed by atoms with van der Waals surface area (Å²) in [6, 6.07) is 26.0. The largest absolute Gasteiger partial charge is 0.491 e. The second-order valence-corrected chi connectivity index (χ2v) is 19.5. The quantitative estimate of drug-likeness (QED) is 0.0698. The van der Waals surface area contributed by atoms with Gasteiger partial charge in [0.25, 0.3) is 0 Å². The Morgan fingerprint density at radius 3 is 1.51 bits per heavy atom. The van der Waals surface area contributed by atoms with Crippen LogP contribution in [-0.2, 0) is 26.9 Å². The summed E-state index contributed by atoms with van der Waals surface area (Å²) in [7, 11) is 2.20. The van der Waals surface area contributed by atoms with Crippen LogP contribution in [-0.4, -0.2) is 79.5 Å². The van der Waals surface area contributed by atoms with Crippen LogP contribution >= 0.6 is 15.9 Å². The molecule has 364 valence electrons. The number of carbonyl (C=O) groups is 2. The molecular weight excluding hydrogens is 957 g/mol. The highest BCUT2D eigenvalue weighted by molar-refractivity contribution is 9.10. The summed E-state index contributed by atoms with van der Waals surface area (Å²) in [4.78, 5) is 26.2. The van der Waals surface area contributed by atoms with E-state index in [0.717, 1.165) is 89.5 Å². The first-order valence-corrected chi connectivity index (χ1v) is 24.7. The molecule has 0 amide bonds. The van der Waals surface area contributed by atoms with E-state index in [9.17, 15) is 28.6 Å². The SMILES string of the molecule is Cn1cc(-c2ccc(Cc3cc(C(=O)C[C@H]4CCCC[C@@H]4O)c4c(F)cccn34)cc2)cn1.Cn1cc(B(O)O)cn1.O=C(C[C@H]1CCCC[C@@H]1O)c1cc(Cc2ccc(Br)cc2)n2cccc(F)c12. The van der Waals surface area contributed by atoms with E-state index in [1.807, 2.05) is 62.0 Å². The predicted octanol–water partition coefficient (Wildman–Crippen LogP) is 8.85. The third kappa shape index (κ3) is 12.1. The summed E-state index contributed by atoms with van der Waals surface area (Å²) in [5.41, 5.74) is 7.96. The molecule has 16 heteroatoms. The molecule has 6 aromatic heterocycles. The maximum Gasteiger partial charge on any atom is 0.491 e. The Kier molecular flexibility index (Phi) is 16.4. The normalized spacial score (nSPS) is 18.0. The fraction of sp³-hybridized carbons (Fsp3) is 0.333. The van der Waals surface area contributed by atoms with Crippen molar-refractivity contribution in [2.24, 2.45) is 25.9 Å². The first kappa shape index (κ1) is 50.4. The first-order chi connectivity index (χ1) is 33.7. The zero-order valence-corrected chi connectivity index (χ0v) is 40.9. The summed E-state index contributed by atoms with van der Waals surface area (Å²) in [5.74, 6) is -1.05. The molecule has 8 aromatic rings. The Bertz CT molecular complexity index is 3060. The van der Waals surface area contributed by atoms with E-state index in [-0.39, 0.29) is 36.2 Å². The Hall–Kier alpha value is -6.04. The van der Waals surface area contributed by atoms with Crippen LogP contribution < -0.4 is 5.46 Å². The highest BCUT2D eigenvalue weighted by atomic mass is 79.9. The predicted molar refractivity (Wildman–Crippen MR) is 270 cm³/mol. The number of hydrogen-bond acceptors (Lipinski definition) is 8. The van der Waals surface area contributed by atoms with Gasteiger partial charge in [0.05, 0.1) is 29.4 Å². The second-order valence-electron chi connectivity index (χ2n) is 18.6. The number of hydrogen-bond donors (Lipinski definition) is 4. The summed E-state index contributed by atoms with van der Waals surface area (Å²) >= 11 is 3.44. The van der Waals surface area contributed by atoms with Crippen LogP contribution in [0.2, 0.25) is 0 Å². The molecular formula is C54H58BBrF2N6O6. The molecule has 2 aliphatic carbocycles. The van der Waals surface area contributed by atoms with Crippen molar-refractivity contribution in [1.82, 2.24) is 28.4 Å². The lowest BCUT2D eigenvalue weighted by molar-refractivity contribution is 0.0583. The minimum Gasteiger partial charge on any atom is -0.423 e. The number of aromatic nitrogens is 6. The Morgan fingerprint density at radius 1 is 0.643 bits per heavy atom. The average Bonchev–Trinajstić information content (AvgIpc) is 4.16. The number of pyridine rings is 2. The maximum atomic E-state index is 14.8. The van der Waals surface area contributed by atoms with E-state index >= 15 is 0 Å². The molecule has 0 radical (unpaired) electrons. The van der Waals surface area contributed by atoms with Crippen LogP contribution in [0.25, 0.3) is 22.2 Å². The number of carbonyl (C=O) groups excluding carboxylic acids is 2. The van der Waals surface area contributed by atoms with Gasteiger partial charge in [-0.15, -0.1) is 0 Å². The monoisotopic (exact) mass is 1010 g/mol. The minimum atomic E-state index is -1.40. The third-order valence-corrected chi connectivity index (χ3v) is 14.1. The number of aryl methyl sites for hydroxylation is 2. The van der Waals surface area contributed by atoms with E-state index in [0.29, 0.717) is 40.5 Å². The van der Waals surface area contributed by atoms with Gasteiger partial charge in [-0.3, -0.25) is 19.0 Å². The summed E-state index contributed by atoms with van der Waals surface area (Å²) in [6.45, 7) is 0. The molecule has 4 N–H and O–H groups in total. The smallest absolute Gasteiger partial charge is 0.423 e. The number of fused-ring (bicyclic) bond motifs is 2. The Balaban J connectivity index is 0.000000161. The van der Waals surface area contributed by atoms with Gasteiger partial charge >= 0.3 is 7.12 Å². The molecule has 0 saturated heterocycles. The van der Waals surface area contributed by atoms with Gasteiger partial charge in [-0.05, 0) is 103 Å². The molecule has 12 nitrogen and oxygen atoms in total. The molecule has 2 fully saturated rings. The molecule has 0 spiro atoms. The highest BCUT2D eigenvalue weighted by Gasteiger charge is 2.29. The molecule has 2 aromatic carbocycles. The fourth-order valence-corrected chi connectivity index (χ4v) is 10.1. The molecule has 2 saturated carbocycles. The zero-order chi connectivity index (χ0) is 49.5. The number of Topliss-reactive ketones (excluding diaryl/α,β-unsaturated/α-hetero) is 2. The molecule has 4 atom stereocenters. The number of benzene rings is 2. The second kappa shape index (κ2) is 22.8. The number of aliphatic hydroxyl groups is 2. The van der Waals surface area contributed by atoms with E-state index in [2.05, 4.69) is 50.4 Å². The minimum absolute atomic E-state index is 0.0297. The zero-order valence-electron chi connectivity index (χ0n) is 39.3. The van der Waals surface area contributed by atoms with E-state index in [1.165, 1.54) is 23.0 Å². The number of rotatable bonds is 12. The number of aliphatic hydroxyl groups excluding tert-OH is 2. The standard InChI is InChI=1S/C27H28FN3O2.C23H23BrFNO2.C4H7BN2O2/c1-30-17-21(16-29-30)19-10-8-18(9-11-19)13-22-15-23(27-24(28)6-4-12-31(22)27)26(33)14-20-5-2-3-7-25(20)32;24-17-9-7-15(8-10-17)12-18-14-19(23-20(25)5-3-11-26(18)23)22(28)13-16-4-1-2-6-21(16)27;1-7-3-4(2-6-7)5(8)9/h4,6,8-12,15-17,20,25,32H,2-3,5,7,13-14H2,1H3;3,5,7-11,14,16,21,27H,1-2,4,6,12-13H2;2-3,8-9H,1H3/t20-,25+;16-,21+;/m11./s1. The summed E-state index contributed by atoms with van der Waals surface area (Å²) in [5, 5.41) is 45.6. The van der Waals surface area contributed by atoms with Gasteiger partial charge in [0.15, 0.2) is 11.6 Å². The average molecular weight is 1020 g/mol. The van der Waals surface area contributed by atoms with Crippen LogP contribution in [0.3, 0.4) is 0 Å². The Morgan fingerprint density at radius 2 is 1.10 bits per heavy atom. The number of halogens is 3. The van der Waals surface area contributed by atoms with Gasteiger partial charge in [0.2, 0.25) is 0 Å². The Labute approximate surface area is 414 Å². The lowest BCUT2D eigenvalue weighted by atomic mass is 9.82. The molecule has 6 heterocycles. The number of ketones is 2. The van der Waals surface area contributed by atoms with E-state index in [4.69, 9.17) is 10.0 Å². The lowest BCUT2D eigenvalue weighted by Crippen LogP contribution is -2.28. The van der Waals surface area contributed by atoms with E-state index in [1.54, 1.807) is 45.1 Å². The van der Waals surface area contributed by atoms with E-state index < -0.39 is 31.0 Å². The van der Waals surface area contributed by atoms with Crippen molar-refractivity contribution in [1.29, 1.82) is 0 Å². The number of nitrogens with zero attached hydrogens (tertiary/aromatic N) is 6. The topological polar surface area (TPSA) is 160 Å². The molecule has 2 aliphatic rings. The first-order valence-electron chi connectivity index (χ1n) is 23.9. The van der Waals surface area contributed by atoms with Crippen molar-refractivity contribution in [2.45, 2.75) is 89.3 Å². The molecule has 0 unspecified atom stereocenters. The lowest BCUT2D eigenvalue weighted by Gasteiger charge is -2.26. The highest BCUT2D eigenvalue weighted by Crippen LogP contribution is 2.33.